The average molecular weight is 571 g/mol. The number of hydrogen-bond acceptors (Lipinski definition) is 6. The molecule has 0 radical (unpaired) electrons. The van der Waals surface area contributed by atoms with E-state index < -0.39 is 34.1 Å². The molecule has 0 aliphatic carbocycles. The van der Waals surface area contributed by atoms with Crippen LogP contribution >= 0.6 is 0 Å². The number of carbonyl (C=O) groups is 2. The van der Waals surface area contributed by atoms with Crippen molar-refractivity contribution in [2.45, 2.75) is 50.1 Å². The van der Waals surface area contributed by atoms with Crippen LogP contribution in [0.5, 0.6) is 0 Å². The molecule has 0 saturated carbocycles. The molecule has 0 fully saturated rings. The molecule has 2 atom stereocenters. The van der Waals surface area contributed by atoms with Gasteiger partial charge in [0, 0.05) is 31.2 Å². The maximum atomic E-state index is 13.4. The second-order valence-electron chi connectivity index (χ2n) is 10.2. The number of amides is 2. The zero-order valence-corrected chi connectivity index (χ0v) is 23.6. The highest BCUT2D eigenvalue weighted by atomic mass is 32.2. The largest absolute Gasteiger partial charge is 0.465 e. The molecule has 216 valence electrons. The number of aliphatic hydroxyl groups excluding tert-OH is 1. The van der Waals surface area contributed by atoms with Crippen molar-refractivity contribution in [1.82, 2.24) is 14.9 Å². The van der Waals surface area contributed by atoms with Gasteiger partial charge in [-0.3, -0.25) is 4.79 Å². The van der Waals surface area contributed by atoms with Crippen LogP contribution < -0.4 is 16.4 Å². The van der Waals surface area contributed by atoms with Gasteiger partial charge in [0.1, 0.15) is 6.04 Å². The van der Waals surface area contributed by atoms with Gasteiger partial charge in [0.25, 0.3) is 0 Å². The zero-order valence-electron chi connectivity index (χ0n) is 22.8. The van der Waals surface area contributed by atoms with E-state index in [-0.39, 0.29) is 36.9 Å². The van der Waals surface area contributed by atoms with Crippen LogP contribution in [0.25, 0.3) is 10.8 Å². The molecular formula is C29H38N4O6S. The minimum atomic E-state index is -3.90. The summed E-state index contributed by atoms with van der Waals surface area (Å²) >= 11 is 0. The molecule has 40 heavy (non-hydrogen) atoms. The number of nitrogens with zero attached hydrogens (tertiary/aromatic N) is 1. The summed E-state index contributed by atoms with van der Waals surface area (Å²) in [5.41, 5.74) is 6.97. The van der Waals surface area contributed by atoms with Gasteiger partial charge < -0.3 is 26.6 Å². The monoisotopic (exact) mass is 570 g/mol. The molecule has 2 amide bonds. The number of nitrogens with one attached hydrogen (secondary N) is 2. The molecule has 2 unspecified atom stereocenters. The molecule has 0 aromatic heterocycles. The Morgan fingerprint density at radius 1 is 1.00 bits per heavy atom. The van der Waals surface area contributed by atoms with Crippen molar-refractivity contribution in [1.29, 1.82) is 0 Å². The van der Waals surface area contributed by atoms with Gasteiger partial charge in [-0.2, -0.15) is 4.31 Å². The van der Waals surface area contributed by atoms with Crippen LogP contribution in [0.3, 0.4) is 0 Å². The van der Waals surface area contributed by atoms with E-state index in [4.69, 9.17) is 5.73 Å². The molecule has 6 N–H and O–H groups in total. The Morgan fingerprint density at radius 3 is 2.30 bits per heavy atom. The number of nitrogen functional groups attached to an aromatic ring is 1. The van der Waals surface area contributed by atoms with Crippen molar-refractivity contribution in [3.63, 3.8) is 0 Å². The van der Waals surface area contributed by atoms with Gasteiger partial charge in [-0.25, -0.2) is 13.2 Å². The van der Waals surface area contributed by atoms with Crippen LogP contribution in [0.15, 0.2) is 71.6 Å². The molecule has 3 aromatic carbocycles. The topological polar surface area (TPSA) is 162 Å². The summed E-state index contributed by atoms with van der Waals surface area (Å²) in [7, 11) is -3.90. The Bertz CT molecular complexity index is 1400. The Labute approximate surface area is 235 Å². The number of fused-ring (bicyclic) bond motifs is 1. The minimum absolute atomic E-state index is 0.00951. The van der Waals surface area contributed by atoms with Crippen LogP contribution in [0.2, 0.25) is 0 Å². The summed E-state index contributed by atoms with van der Waals surface area (Å²) < 4.78 is 28.1. The predicted octanol–water partition coefficient (Wildman–Crippen LogP) is 3.20. The lowest BCUT2D eigenvalue weighted by atomic mass is 10.0. The molecule has 3 aromatic rings. The van der Waals surface area contributed by atoms with Gasteiger partial charge in [0.15, 0.2) is 0 Å². The van der Waals surface area contributed by atoms with Crippen molar-refractivity contribution in [2.24, 2.45) is 5.92 Å². The lowest BCUT2D eigenvalue weighted by Crippen LogP contribution is -2.48. The van der Waals surface area contributed by atoms with Gasteiger partial charge in [-0.05, 0) is 59.4 Å². The van der Waals surface area contributed by atoms with Crippen molar-refractivity contribution in [2.75, 3.05) is 25.4 Å². The van der Waals surface area contributed by atoms with E-state index in [0.29, 0.717) is 18.5 Å². The van der Waals surface area contributed by atoms with E-state index >= 15 is 0 Å². The normalized spacial score (nSPS) is 13.3. The van der Waals surface area contributed by atoms with Crippen LogP contribution in [0.4, 0.5) is 10.5 Å². The summed E-state index contributed by atoms with van der Waals surface area (Å²) in [6.45, 7) is 3.79. The standard InChI is InChI=1S/C29H38N4O6S/c1-20(2)18-33(40(38,39)26-13-11-24(30)12-14-26)25(19-34)8-5-15-31-28(35)27(32-29(36)37)17-21-9-10-22-6-3-4-7-23(22)16-21/h3-4,6-7,9-14,16,20,25,27,32,34H,5,8,15,17-19,30H2,1-2H3,(H,31,35)(H,36,37). The molecular weight excluding hydrogens is 532 g/mol. The Hall–Kier alpha value is -3.67. The number of aliphatic hydroxyl groups is 1. The van der Waals surface area contributed by atoms with Crippen LogP contribution in [-0.4, -0.2) is 66.7 Å². The van der Waals surface area contributed by atoms with Crippen molar-refractivity contribution >= 4 is 38.5 Å². The second kappa shape index (κ2) is 14.1. The maximum Gasteiger partial charge on any atom is 0.405 e. The quantitative estimate of drug-likeness (QED) is 0.147. The number of benzene rings is 3. The summed E-state index contributed by atoms with van der Waals surface area (Å²) in [6.07, 6.45) is -0.471. The maximum absolute atomic E-state index is 13.4. The fourth-order valence-corrected chi connectivity index (χ4v) is 6.35. The number of anilines is 1. The minimum Gasteiger partial charge on any atom is -0.465 e. The molecule has 0 aliphatic rings. The number of hydrogen-bond donors (Lipinski definition) is 5. The Morgan fingerprint density at radius 2 is 1.68 bits per heavy atom. The fraction of sp³-hybridized carbons (Fsp3) is 0.379. The third-order valence-electron chi connectivity index (χ3n) is 6.53. The van der Waals surface area contributed by atoms with Gasteiger partial charge in [0.2, 0.25) is 15.9 Å². The average Bonchev–Trinajstić information content (AvgIpc) is 2.91. The van der Waals surface area contributed by atoms with Crippen LogP contribution in [0.1, 0.15) is 32.3 Å². The van der Waals surface area contributed by atoms with E-state index in [9.17, 15) is 28.2 Å². The molecule has 3 rings (SSSR count). The zero-order chi connectivity index (χ0) is 29.3. The first kappa shape index (κ1) is 30.9. The Balaban J connectivity index is 1.64. The van der Waals surface area contributed by atoms with Gasteiger partial charge >= 0.3 is 6.09 Å². The highest BCUT2D eigenvalue weighted by Gasteiger charge is 2.31. The smallest absolute Gasteiger partial charge is 0.405 e. The lowest BCUT2D eigenvalue weighted by molar-refractivity contribution is -0.123. The van der Waals surface area contributed by atoms with Gasteiger partial charge in [-0.1, -0.05) is 56.3 Å². The number of sulfonamides is 1. The Kier molecular flexibility index (Phi) is 10.9. The first-order valence-corrected chi connectivity index (χ1v) is 14.7. The second-order valence-corrected chi connectivity index (χ2v) is 12.1. The van der Waals surface area contributed by atoms with Crippen LogP contribution in [0, 0.1) is 5.92 Å². The van der Waals surface area contributed by atoms with Crippen molar-refractivity contribution in [3.8, 4) is 0 Å². The highest BCUT2D eigenvalue weighted by Crippen LogP contribution is 2.23. The van der Waals surface area contributed by atoms with E-state index in [0.717, 1.165) is 16.3 Å². The fourth-order valence-electron chi connectivity index (χ4n) is 4.54. The van der Waals surface area contributed by atoms with Crippen molar-refractivity contribution < 1.29 is 28.2 Å². The summed E-state index contributed by atoms with van der Waals surface area (Å²) in [5.74, 6) is -0.472. The van der Waals surface area contributed by atoms with E-state index in [2.05, 4.69) is 10.6 Å². The molecule has 11 heteroatoms. The SMILES string of the molecule is CC(C)CN(C(CO)CCCNC(=O)C(Cc1ccc2ccccc2c1)NC(=O)O)S(=O)(=O)c1ccc(N)cc1. The molecule has 10 nitrogen and oxygen atoms in total. The lowest BCUT2D eigenvalue weighted by Gasteiger charge is -2.31. The number of carbonyl (C=O) groups excluding carboxylic acids is 1. The van der Waals surface area contributed by atoms with Crippen LogP contribution in [-0.2, 0) is 21.2 Å². The number of rotatable bonds is 14. The molecule has 0 aliphatic heterocycles. The first-order chi connectivity index (χ1) is 19.0. The summed E-state index contributed by atoms with van der Waals surface area (Å²) in [6, 6.07) is 17.7. The molecule has 0 saturated heterocycles. The third-order valence-corrected chi connectivity index (χ3v) is 8.46. The summed E-state index contributed by atoms with van der Waals surface area (Å²) in [5, 5.41) is 26.5. The molecule has 0 heterocycles. The van der Waals surface area contributed by atoms with E-state index in [1.807, 2.05) is 56.3 Å². The number of carboxylic acid groups (broad SMARTS) is 1. The molecule has 0 bridgehead atoms. The highest BCUT2D eigenvalue weighted by molar-refractivity contribution is 7.89. The van der Waals surface area contributed by atoms with E-state index in [1.165, 1.54) is 28.6 Å². The summed E-state index contributed by atoms with van der Waals surface area (Å²) in [4.78, 5) is 24.4. The van der Waals surface area contributed by atoms with Crippen molar-refractivity contribution in [3.05, 3.63) is 72.3 Å². The number of nitrogens with two attached hydrogens (primary N) is 1. The molecule has 0 spiro atoms. The van der Waals surface area contributed by atoms with E-state index in [1.54, 1.807) is 0 Å². The third kappa shape index (κ3) is 8.41. The first-order valence-electron chi connectivity index (χ1n) is 13.2. The van der Waals surface area contributed by atoms with Gasteiger partial charge in [-0.15, -0.1) is 0 Å². The predicted molar refractivity (Wildman–Crippen MR) is 155 cm³/mol. The van der Waals surface area contributed by atoms with Gasteiger partial charge in [0.05, 0.1) is 11.5 Å².